The molecule has 1 aliphatic heterocycles. The zero-order valence-corrected chi connectivity index (χ0v) is 9.55. The van der Waals surface area contributed by atoms with E-state index in [9.17, 15) is 4.79 Å². The molecule has 0 bridgehead atoms. The van der Waals surface area contributed by atoms with Crippen molar-refractivity contribution in [2.24, 2.45) is 0 Å². The van der Waals surface area contributed by atoms with E-state index < -0.39 is 0 Å². The van der Waals surface area contributed by atoms with Crippen LogP contribution in [0.3, 0.4) is 0 Å². The number of urea groups is 1. The topological polar surface area (TPSA) is 44.4 Å². The first-order chi connectivity index (χ1) is 6.48. The van der Waals surface area contributed by atoms with Gasteiger partial charge in [-0.1, -0.05) is 6.92 Å². The Bertz CT molecular complexity index is 215. The molecule has 14 heavy (non-hydrogen) atoms. The molecule has 1 fully saturated rings. The normalized spacial score (nSPS) is 22.7. The first kappa shape index (κ1) is 11.3. The third kappa shape index (κ3) is 2.61. The van der Waals surface area contributed by atoms with Crippen molar-refractivity contribution in [2.75, 3.05) is 20.1 Å². The molecule has 82 valence electrons. The number of amides is 2. The van der Waals surface area contributed by atoms with Gasteiger partial charge in [-0.05, 0) is 27.3 Å². The summed E-state index contributed by atoms with van der Waals surface area (Å²) in [5, 5.41) is 6.16. The van der Waals surface area contributed by atoms with Crippen LogP contribution in [0, 0.1) is 0 Å². The minimum atomic E-state index is -0.0139. The molecule has 0 aromatic rings. The SMILES string of the molecule is CCC1CN(CC(C)(C)NC)C(=O)N1. The van der Waals surface area contributed by atoms with Gasteiger partial charge in [0.15, 0.2) is 0 Å². The lowest BCUT2D eigenvalue weighted by Gasteiger charge is -2.29. The summed E-state index contributed by atoms with van der Waals surface area (Å²) in [6, 6.07) is 0.398. The van der Waals surface area contributed by atoms with Gasteiger partial charge in [0.05, 0.1) is 0 Å². The van der Waals surface area contributed by atoms with Crippen molar-refractivity contribution in [2.45, 2.75) is 38.8 Å². The molecule has 2 N–H and O–H groups in total. The smallest absolute Gasteiger partial charge is 0.317 e. The Hall–Kier alpha value is -0.770. The average molecular weight is 199 g/mol. The van der Waals surface area contributed by atoms with E-state index in [-0.39, 0.29) is 11.6 Å². The maximum atomic E-state index is 11.5. The Morgan fingerprint density at radius 3 is 2.71 bits per heavy atom. The first-order valence-corrected chi connectivity index (χ1v) is 5.23. The fraction of sp³-hybridized carbons (Fsp3) is 0.900. The van der Waals surface area contributed by atoms with Gasteiger partial charge in [0.1, 0.15) is 0 Å². The molecule has 4 heteroatoms. The summed E-state index contributed by atoms with van der Waals surface area (Å²) in [6.45, 7) is 7.88. The molecule has 0 aromatic carbocycles. The third-order valence-corrected chi connectivity index (χ3v) is 2.81. The van der Waals surface area contributed by atoms with Gasteiger partial charge in [0.2, 0.25) is 0 Å². The first-order valence-electron chi connectivity index (χ1n) is 5.23. The van der Waals surface area contributed by atoms with Gasteiger partial charge in [-0.15, -0.1) is 0 Å². The van der Waals surface area contributed by atoms with Gasteiger partial charge in [0.25, 0.3) is 0 Å². The lowest BCUT2D eigenvalue weighted by atomic mass is 10.1. The third-order valence-electron chi connectivity index (χ3n) is 2.81. The summed E-state index contributed by atoms with van der Waals surface area (Å²) in [5.74, 6) is 0. The summed E-state index contributed by atoms with van der Waals surface area (Å²) < 4.78 is 0. The summed E-state index contributed by atoms with van der Waals surface area (Å²) >= 11 is 0. The van der Waals surface area contributed by atoms with E-state index in [1.807, 2.05) is 11.9 Å². The van der Waals surface area contributed by atoms with Crippen LogP contribution in [0.2, 0.25) is 0 Å². The summed E-state index contributed by atoms with van der Waals surface area (Å²) in [6.07, 6.45) is 1.00. The fourth-order valence-corrected chi connectivity index (χ4v) is 1.58. The van der Waals surface area contributed by atoms with Crippen molar-refractivity contribution in [3.05, 3.63) is 0 Å². The Morgan fingerprint density at radius 2 is 2.29 bits per heavy atom. The molecular weight excluding hydrogens is 178 g/mol. The van der Waals surface area contributed by atoms with E-state index in [1.54, 1.807) is 0 Å². The number of hydrogen-bond acceptors (Lipinski definition) is 2. The largest absolute Gasteiger partial charge is 0.333 e. The Kier molecular flexibility index (Phi) is 3.37. The second kappa shape index (κ2) is 4.17. The van der Waals surface area contributed by atoms with Crippen molar-refractivity contribution in [3.8, 4) is 0 Å². The van der Waals surface area contributed by atoms with E-state index in [1.165, 1.54) is 0 Å². The molecule has 0 saturated carbocycles. The number of hydrogen-bond donors (Lipinski definition) is 2. The van der Waals surface area contributed by atoms with Crippen LogP contribution in [0.5, 0.6) is 0 Å². The molecular formula is C10H21N3O. The minimum Gasteiger partial charge on any atom is -0.333 e. The standard InChI is InChI=1S/C10H21N3O/c1-5-8-6-13(9(14)12-8)7-10(2,3)11-4/h8,11H,5-7H2,1-4H3,(H,12,14). The van der Waals surface area contributed by atoms with Crippen molar-refractivity contribution < 1.29 is 4.79 Å². The van der Waals surface area contributed by atoms with Gasteiger partial charge in [-0.3, -0.25) is 0 Å². The van der Waals surface area contributed by atoms with Crippen LogP contribution in [0.25, 0.3) is 0 Å². The molecule has 1 aliphatic rings. The predicted molar refractivity (Wildman–Crippen MR) is 57.3 cm³/mol. The van der Waals surface area contributed by atoms with Crippen molar-refractivity contribution in [1.82, 2.24) is 15.5 Å². The Balaban J connectivity index is 2.50. The molecule has 1 heterocycles. The number of carbonyl (C=O) groups is 1. The highest BCUT2D eigenvalue weighted by atomic mass is 16.2. The number of likely N-dealkylation sites (N-methyl/N-ethyl adjacent to an activating group) is 1. The highest BCUT2D eigenvalue weighted by Crippen LogP contribution is 2.11. The van der Waals surface area contributed by atoms with Gasteiger partial charge < -0.3 is 15.5 Å². The second-order valence-corrected chi connectivity index (χ2v) is 4.57. The van der Waals surface area contributed by atoms with E-state index in [2.05, 4.69) is 31.4 Å². The summed E-state index contributed by atoms with van der Waals surface area (Å²) in [5.41, 5.74) is -0.0139. The molecule has 4 nitrogen and oxygen atoms in total. The predicted octanol–water partition coefficient (Wildman–Crippen LogP) is 0.788. The quantitative estimate of drug-likeness (QED) is 0.703. The molecule has 0 aliphatic carbocycles. The van der Waals surface area contributed by atoms with E-state index in [0.717, 1.165) is 19.5 Å². The Labute approximate surface area is 86.0 Å². The maximum absolute atomic E-state index is 11.5. The number of carbonyl (C=O) groups excluding carboxylic acids is 1. The summed E-state index contributed by atoms with van der Waals surface area (Å²) in [7, 11) is 1.92. The second-order valence-electron chi connectivity index (χ2n) is 4.57. The lowest BCUT2D eigenvalue weighted by molar-refractivity contribution is 0.201. The van der Waals surface area contributed by atoms with E-state index >= 15 is 0 Å². The molecule has 1 rings (SSSR count). The van der Waals surface area contributed by atoms with Crippen LogP contribution >= 0.6 is 0 Å². The molecule has 2 amide bonds. The fourth-order valence-electron chi connectivity index (χ4n) is 1.58. The lowest BCUT2D eigenvalue weighted by Crippen LogP contribution is -2.48. The molecule has 1 saturated heterocycles. The Morgan fingerprint density at radius 1 is 1.64 bits per heavy atom. The van der Waals surface area contributed by atoms with Crippen molar-refractivity contribution in [1.29, 1.82) is 0 Å². The maximum Gasteiger partial charge on any atom is 0.317 e. The van der Waals surface area contributed by atoms with E-state index in [0.29, 0.717) is 6.04 Å². The van der Waals surface area contributed by atoms with E-state index in [4.69, 9.17) is 0 Å². The minimum absolute atomic E-state index is 0.0139. The molecule has 0 radical (unpaired) electrons. The highest BCUT2D eigenvalue weighted by molar-refractivity contribution is 5.76. The van der Waals surface area contributed by atoms with Crippen molar-refractivity contribution in [3.63, 3.8) is 0 Å². The zero-order valence-electron chi connectivity index (χ0n) is 9.55. The zero-order chi connectivity index (χ0) is 10.8. The number of nitrogens with zero attached hydrogens (tertiary/aromatic N) is 1. The molecule has 1 atom stereocenters. The van der Waals surface area contributed by atoms with Crippen LogP contribution in [-0.2, 0) is 0 Å². The van der Waals surface area contributed by atoms with Crippen LogP contribution in [0.15, 0.2) is 0 Å². The monoisotopic (exact) mass is 199 g/mol. The molecule has 0 aromatic heterocycles. The van der Waals surface area contributed by atoms with Gasteiger partial charge in [0, 0.05) is 24.7 Å². The van der Waals surface area contributed by atoms with Crippen LogP contribution in [-0.4, -0.2) is 42.6 Å². The summed E-state index contributed by atoms with van der Waals surface area (Å²) in [4.78, 5) is 13.4. The molecule has 1 unspecified atom stereocenters. The average Bonchev–Trinajstić information content (AvgIpc) is 2.47. The number of nitrogens with one attached hydrogen (secondary N) is 2. The van der Waals surface area contributed by atoms with Crippen LogP contribution < -0.4 is 10.6 Å². The van der Waals surface area contributed by atoms with Crippen molar-refractivity contribution >= 4 is 6.03 Å². The van der Waals surface area contributed by atoms with Gasteiger partial charge in [-0.25, -0.2) is 4.79 Å². The van der Waals surface area contributed by atoms with Crippen LogP contribution in [0.1, 0.15) is 27.2 Å². The van der Waals surface area contributed by atoms with Crippen LogP contribution in [0.4, 0.5) is 4.79 Å². The number of rotatable bonds is 4. The molecule has 0 spiro atoms. The van der Waals surface area contributed by atoms with Gasteiger partial charge in [-0.2, -0.15) is 0 Å². The highest BCUT2D eigenvalue weighted by Gasteiger charge is 2.31. The van der Waals surface area contributed by atoms with Gasteiger partial charge >= 0.3 is 6.03 Å².